The average molecular weight is 511 g/mol. The first-order chi connectivity index (χ1) is 18.0. The van der Waals surface area contributed by atoms with Gasteiger partial charge >= 0.3 is 0 Å². The number of imidazole rings is 1. The molecule has 7 rings (SSSR count). The van der Waals surface area contributed by atoms with Crippen molar-refractivity contribution in [3.05, 3.63) is 88.6 Å². The van der Waals surface area contributed by atoms with Crippen LogP contribution in [0.15, 0.2) is 61.2 Å². The Balaban J connectivity index is 1.46. The first-order valence-corrected chi connectivity index (χ1v) is 12.1. The SMILES string of the molecule is Cc1nn(-c2ncnc3nc[nH]c23)c2c1[C@]1(CC(=O)N2)C(=O)N(Cc2ccccc2Cl)c2ccccc21. The van der Waals surface area contributed by atoms with E-state index in [1.54, 1.807) is 15.6 Å². The normalized spacial score (nSPS) is 18.4. The minimum atomic E-state index is -1.24. The number of H-pyrrole nitrogens is 1. The van der Waals surface area contributed by atoms with Gasteiger partial charge < -0.3 is 15.2 Å². The van der Waals surface area contributed by atoms with Crippen LogP contribution in [0.3, 0.4) is 0 Å². The Morgan fingerprint density at radius 2 is 1.86 bits per heavy atom. The van der Waals surface area contributed by atoms with Gasteiger partial charge in [0, 0.05) is 22.7 Å². The van der Waals surface area contributed by atoms with E-state index in [1.165, 1.54) is 12.7 Å². The maximum Gasteiger partial charge on any atom is 0.243 e. The molecule has 0 aliphatic carbocycles. The second-order valence-corrected chi connectivity index (χ2v) is 9.56. The van der Waals surface area contributed by atoms with E-state index in [1.807, 2.05) is 49.4 Å². The lowest BCUT2D eigenvalue weighted by Gasteiger charge is -2.33. The molecule has 5 aromatic rings. The fourth-order valence-electron chi connectivity index (χ4n) is 5.62. The summed E-state index contributed by atoms with van der Waals surface area (Å²) in [7, 11) is 0. The topological polar surface area (TPSA) is 122 Å². The number of aromatic amines is 1. The molecular weight excluding hydrogens is 492 g/mol. The molecule has 0 saturated heterocycles. The molecule has 0 unspecified atom stereocenters. The molecule has 11 heteroatoms. The number of benzene rings is 2. The van der Waals surface area contributed by atoms with Gasteiger partial charge in [0.1, 0.15) is 23.1 Å². The van der Waals surface area contributed by atoms with Crippen LogP contribution in [0.1, 0.15) is 28.8 Å². The summed E-state index contributed by atoms with van der Waals surface area (Å²) in [6.07, 6.45) is 2.88. The van der Waals surface area contributed by atoms with Crippen LogP contribution in [0, 0.1) is 6.92 Å². The van der Waals surface area contributed by atoms with Crippen LogP contribution in [0.25, 0.3) is 17.0 Å². The number of carbonyl (C=O) groups is 2. The van der Waals surface area contributed by atoms with Gasteiger partial charge in [0.25, 0.3) is 0 Å². The summed E-state index contributed by atoms with van der Waals surface area (Å²) in [5.41, 5.74) is 3.40. The molecule has 2 amide bonds. The molecule has 0 saturated carbocycles. The molecule has 2 aliphatic rings. The van der Waals surface area contributed by atoms with Crippen molar-refractivity contribution < 1.29 is 9.59 Å². The molecule has 10 nitrogen and oxygen atoms in total. The predicted octanol–water partition coefficient (Wildman–Crippen LogP) is 3.68. The van der Waals surface area contributed by atoms with E-state index in [9.17, 15) is 9.59 Å². The molecule has 1 atom stereocenters. The van der Waals surface area contributed by atoms with Crippen LogP contribution in [0.5, 0.6) is 0 Å². The van der Waals surface area contributed by atoms with Crippen molar-refractivity contribution >= 4 is 46.1 Å². The number of hydrogen-bond acceptors (Lipinski definition) is 6. The highest BCUT2D eigenvalue weighted by Crippen LogP contribution is 2.53. The Kier molecular flexibility index (Phi) is 4.52. The summed E-state index contributed by atoms with van der Waals surface area (Å²) in [6.45, 7) is 2.12. The Hall–Kier alpha value is -4.57. The summed E-state index contributed by atoms with van der Waals surface area (Å²) < 4.78 is 1.55. The van der Waals surface area contributed by atoms with Gasteiger partial charge in [0.15, 0.2) is 11.5 Å². The van der Waals surface area contributed by atoms with E-state index in [-0.39, 0.29) is 24.8 Å². The number of carbonyl (C=O) groups excluding carboxylic acids is 2. The number of anilines is 2. The maximum absolute atomic E-state index is 14.5. The third-order valence-electron chi connectivity index (χ3n) is 7.13. The number of nitrogens with zero attached hydrogens (tertiary/aromatic N) is 6. The molecule has 182 valence electrons. The van der Waals surface area contributed by atoms with E-state index in [0.717, 1.165) is 16.8 Å². The number of aromatic nitrogens is 6. The average Bonchev–Trinajstić information content (AvgIpc) is 3.57. The number of para-hydroxylation sites is 1. The summed E-state index contributed by atoms with van der Waals surface area (Å²) in [6, 6.07) is 15.0. The highest BCUT2D eigenvalue weighted by atomic mass is 35.5. The number of hydrogen-bond donors (Lipinski definition) is 2. The molecule has 0 bridgehead atoms. The third kappa shape index (κ3) is 2.93. The summed E-state index contributed by atoms with van der Waals surface area (Å²) in [5, 5.41) is 8.28. The Morgan fingerprint density at radius 3 is 2.73 bits per heavy atom. The zero-order valence-electron chi connectivity index (χ0n) is 19.6. The van der Waals surface area contributed by atoms with Gasteiger partial charge in [-0.15, -0.1) is 0 Å². The Labute approximate surface area is 215 Å². The van der Waals surface area contributed by atoms with Gasteiger partial charge in [-0.25, -0.2) is 15.0 Å². The lowest BCUT2D eigenvalue weighted by Crippen LogP contribution is -2.46. The fraction of sp³-hybridized carbons (Fsp3) is 0.154. The van der Waals surface area contributed by atoms with Gasteiger partial charge in [0.05, 0.1) is 18.6 Å². The summed E-state index contributed by atoms with van der Waals surface area (Å²) in [4.78, 5) is 45.3. The molecule has 0 fully saturated rings. The van der Waals surface area contributed by atoms with Gasteiger partial charge in [-0.1, -0.05) is 48.0 Å². The van der Waals surface area contributed by atoms with Crippen molar-refractivity contribution in [2.24, 2.45) is 0 Å². The summed E-state index contributed by atoms with van der Waals surface area (Å²) >= 11 is 6.46. The molecule has 37 heavy (non-hydrogen) atoms. The number of fused-ring (bicyclic) bond motifs is 5. The van der Waals surface area contributed by atoms with Crippen molar-refractivity contribution in [3.8, 4) is 5.82 Å². The molecule has 0 radical (unpaired) electrons. The van der Waals surface area contributed by atoms with Gasteiger partial charge in [0.2, 0.25) is 11.8 Å². The number of halogens is 1. The molecule has 2 aliphatic heterocycles. The zero-order chi connectivity index (χ0) is 25.3. The van der Waals surface area contributed by atoms with Crippen LogP contribution in [0.2, 0.25) is 5.02 Å². The van der Waals surface area contributed by atoms with E-state index in [4.69, 9.17) is 16.7 Å². The molecule has 3 aromatic heterocycles. The molecular formula is C26H19ClN8O2. The molecule has 2 N–H and O–H groups in total. The minimum absolute atomic E-state index is 0.0371. The van der Waals surface area contributed by atoms with Crippen LogP contribution >= 0.6 is 11.6 Å². The minimum Gasteiger partial charge on any atom is -0.340 e. The second-order valence-electron chi connectivity index (χ2n) is 9.15. The predicted molar refractivity (Wildman–Crippen MR) is 137 cm³/mol. The van der Waals surface area contributed by atoms with Crippen LogP contribution < -0.4 is 10.2 Å². The maximum atomic E-state index is 14.5. The molecule has 2 aromatic carbocycles. The Bertz CT molecular complexity index is 1760. The fourth-order valence-corrected chi connectivity index (χ4v) is 5.81. The van der Waals surface area contributed by atoms with Crippen LogP contribution in [0.4, 0.5) is 11.5 Å². The number of nitrogens with one attached hydrogen (secondary N) is 2. The van der Waals surface area contributed by atoms with Crippen molar-refractivity contribution in [3.63, 3.8) is 0 Å². The van der Waals surface area contributed by atoms with Crippen LogP contribution in [-0.2, 0) is 21.5 Å². The van der Waals surface area contributed by atoms with Gasteiger partial charge in [-0.3, -0.25) is 9.59 Å². The van der Waals surface area contributed by atoms with Crippen molar-refractivity contribution in [1.82, 2.24) is 29.7 Å². The van der Waals surface area contributed by atoms with Gasteiger partial charge in [-0.2, -0.15) is 9.78 Å². The van der Waals surface area contributed by atoms with Crippen LogP contribution in [-0.4, -0.2) is 41.5 Å². The van der Waals surface area contributed by atoms with Crippen molar-refractivity contribution in [2.75, 3.05) is 10.2 Å². The number of rotatable bonds is 3. The van der Waals surface area contributed by atoms with E-state index in [0.29, 0.717) is 39.1 Å². The highest BCUT2D eigenvalue weighted by Gasteiger charge is 2.58. The Morgan fingerprint density at radius 1 is 1.05 bits per heavy atom. The quantitative estimate of drug-likeness (QED) is 0.382. The first-order valence-electron chi connectivity index (χ1n) is 11.7. The monoisotopic (exact) mass is 510 g/mol. The lowest BCUT2D eigenvalue weighted by molar-refractivity contribution is -0.126. The first kappa shape index (κ1) is 21.7. The van der Waals surface area contributed by atoms with Gasteiger partial charge in [-0.05, 0) is 30.2 Å². The zero-order valence-corrected chi connectivity index (χ0v) is 20.3. The largest absolute Gasteiger partial charge is 0.340 e. The lowest BCUT2D eigenvalue weighted by atomic mass is 9.70. The summed E-state index contributed by atoms with van der Waals surface area (Å²) in [5.74, 6) is 0.356. The standard InChI is InChI=1S/C26H19ClN8O2/c1-14-20-23(35(33-14)24-21-22(29-12-28-21)30-13-31-24)32-19(36)10-26(20)16-7-3-5-9-18(16)34(25(26)37)11-15-6-2-4-8-17(15)27/h2-9,12-13H,10-11H2,1H3,(H,32,36)(H,28,29,30,31)/t26-/m1/s1. The van der Waals surface area contributed by atoms with Crippen molar-refractivity contribution in [2.45, 2.75) is 25.3 Å². The van der Waals surface area contributed by atoms with E-state index in [2.05, 4.69) is 25.3 Å². The second kappa shape index (κ2) is 7.71. The number of aryl methyl sites for hydroxylation is 1. The molecule has 5 heterocycles. The third-order valence-corrected chi connectivity index (χ3v) is 7.49. The van der Waals surface area contributed by atoms with E-state index < -0.39 is 5.41 Å². The number of amides is 2. The smallest absolute Gasteiger partial charge is 0.243 e. The van der Waals surface area contributed by atoms with E-state index >= 15 is 0 Å². The highest BCUT2D eigenvalue weighted by molar-refractivity contribution is 6.31. The molecule has 1 spiro atoms. The van der Waals surface area contributed by atoms with Crippen molar-refractivity contribution in [1.29, 1.82) is 0 Å².